The third-order valence-corrected chi connectivity index (χ3v) is 4.60. The summed E-state index contributed by atoms with van der Waals surface area (Å²) in [6.07, 6.45) is 4.31. The Morgan fingerprint density at radius 1 is 1.50 bits per heavy atom. The molecule has 1 aliphatic rings. The quantitative estimate of drug-likeness (QED) is 0.867. The van der Waals surface area contributed by atoms with Crippen molar-refractivity contribution < 1.29 is 4.79 Å². The molecule has 5 heteroatoms. The maximum Gasteiger partial charge on any atom is 0.255 e. The lowest BCUT2D eigenvalue weighted by atomic mass is 10.2. The molecule has 2 heterocycles. The van der Waals surface area contributed by atoms with Gasteiger partial charge in [0.25, 0.3) is 5.91 Å². The lowest BCUT2D eigenvalue weighted by molar-refractivity contribution is 0.0788. The van der Waals surface area contributed by atoms with Crippen LogP contribution in [0.3, 0.4) is 0 Å². The summed E-state index contributed by atoms with van der Waals surface area (Å²) in [5, 5.41) is 2.87. The van der Waals surface area contributed by atoms with Crippen molar-refractivity contribution in [3.05, 3.63) is 34.6 Å². The molecule has 0 unspecified atom stereocenters. The molecule has 0 aromatic carbocycles. The van der Waals surface area contributed by atoms with Gasteiger partial charge in [-0.2, -0.15) is 0 Å². The van der Waals surface area contributed by atoms with E-state index in [-0.39, 0.29) is 5.91 Å². The monoisotopic (exact) mass is 289 g/mol. The van der Waals surface area contributed by atoms with E-state index in [0.717, 1.165) is 28.6 Å². The summed E-state index contributed by atoms with van der Waals surface area (Å²) in [7, 11) is 1.90. The van der Waals surface area contributed by atoms with Gasteiger partial charge in [-0.05, 0) is 38.7 Å². The average molecular weight is 289 g/mol. The summed E-state index contributed by atoms with van der Waals surface area (Å²) in [5.41, 5.74) is 2.83. The van der Waals surface area contributed by atoms with E-state index >= 15 is 0 Å². The molecule has 4 nitrogen and oxygen atoms in total. The van der Waals surface area contributed by atoms with Crippen molar-refractivity contribution in [3.8, 4) is 5.13 Å². The van der Waals surface area contributed by atoms with E-state index in [1.165, 1.54) is 12.8 Å². The van der Waals surface area contributed by atoms with Crippen LogP contribution < -0.4 is 0 Å². The minimum Gasteiger partial charge on any atom is -0.341 e. The van der Waals surface area contributed by atoms with Crippen molar-refractivity contribution in [2.75, 3.05) is 13.6 Å². The molecule has 0 radical (unpaired) electrons. The van der Waals surface area contributed by atoms with Crippen LogP contribution in [-0.2, 0) is 0 Å². The standard InChI is InChI=1S/C15H19N3OS/c1-10-8-13(14(19)17(3)9-12-4-5-12)11(2)18(10)15-16-6-7-20-15/h6-8,12H,4-5,9H2,1-3H3. The second kappa shape index (κ2) is 5.05. The van der Waals surface area contributed by atoms with Crippen LogP contribution in [0.5, 0.6) is 0 Å². The van der Waals surface area contributed by atoms with Crippen LogP contribution in [0.25, 0.3) is 5.13 Å². The van der Waals surface area contributed by atoms with Gasteiger partial charge in [-0.15, -0.1) is 11.3 Å². The van der Waals surface area contributed by atoms with E-state index in [4.69, 9.17) is 0 Å². The fourth-order valence-electron chi connectivity index (χ4n) is 2.58. The Balaban J connectivity index is 1.90. The number of nitrogens with zero attached hydrogens (tertiary/aromatic N) is 3. The van der Waals surface area contributed by atoms with E-state index in [9.17, 15) is 4.79 Å². The van der Waals surface area contributed by atoms with Crippen molar-refractivity contribution >= 4 is 17.2 Å². The van der Waals surface area contributed by atoms with Crippen LogP contribution in [0.1, 0.15) is 34.6 Å². The van der Waals surface area contributed by atoms with Crippen molar-refractivity contribution in [1.82, 2.24) is 14.5 Å². The van der Waals surface area contributed by atoms with Gasteiger partial charge < -0.3 is 4.90 Å². The number of aryl methyl sites for hydroxylation is 1. The topological polar surface area (TPSA) is 38.1 Å². The highest BCUT2D eigenvalue weighted by atomic mass is 32.1. The summed E-state index contributed by atoms with van der Waals surface area (Å²) in [5.74, 6) is 0.833. The normalized spacial score (nSPS) is 14.6. The number of amides is 1. The highest BCUT2D eigenvalue weighted by Gasteiger charge is 2.27. The van der Waals surface area contributed by atoms with Gasteiger partial charge in [0.2, 0.25) is 0 Å². The second-order valence-electron chi connectivity index (χ2n) is 5.56. The summed E-state index contributed by atoms with van der Waals surface area (Å²) >= 11 is 1.59. The molecule has 0 bridgehead atoms. The largest absolute Gasteiger partial charge is 0.341 e. The van der Waals surface area contributed by atoms with Gasteiger partial charge in [0.1, 0.15) is 0 Å². The molecule has 0 atom stereocenters. The zero-order valence-corrected chi connectivity index (χ0v) is 12.9. The Hall–Kier alpha value is -1.62. The van der Waals surface area contributed by atoms with Crippen LogP contribution in [0, 0.1) is 19.8 Å². The van der Waals surface area contributed by atoms with Gasteiger partial charge in [0.15, 0.2) is 5.13 Å². The Kier molecular flexibility index (Phi) is 3.38. The molecule has 0 spiro atoms. The fraction of sp³-hybridized carbons (Fsp3) is 0.467. The summed E-state index contributed by atoms with van der Waals surface area (Å²) in [6, 6.07) is 1.97. The fourth-order valence-corrected chi connectivity index (χ4v) is 3.33. The Morgan fingerprint density at radius 3 is 2.85 bits per heavy atom. The Labute approximate surface area is 123 Å². The molecule has 2 aromatic rings. The predicted molar refractivity (Wildman–Crippen MR) is 80.6 cm³/mol. The summed E-state index contributed by atoms with van der Waals surface area (Å²) in [6.45, 7) is 4.89. The number of aromatic nitrogens is 2. The highest BCUT2D eigenvalue weighted by Crippen LogP contribution is 2.30. The van der Waals surface area contributed by atoms with Crippen LogP contribution >= 0.6 is 11.3 Å². The van der Waals surface area contributed by atoms with Gasteiger partial charge in [-0.1, -0.05) is 0 Å². The third kappa shape index (κ3) is 2.38. The molecule has 106 valence electrons. The molecule has 2 aromatic heterocycles. The van der Waals surface area contributed by atoms with Crippen LogP contribution in [0.15, 0.2) is 17.6 Å². The van der Waals surface area contributed by atoms with Crippen LogP contribution in [-0.4, -0.2) is 34.0 Å². The molecule has 1 amide bonds. The first-order valence-corrected chi connectivity index (χ1v) is 7.80. The summed E-state index contributed by atoms with van der Waals surface area (Å²) < 4.78 is 2.06. The predicted octanol–water partition coefficient (Wildman–Crippen LogP) is 3.03. The first-order valence-electron chi connectivity index (χ1n) is 6.92. The molecule has 0 saturated heterocycles. The minimum absolute atomic E-state index is 0.118. The number of hydrogen-bond donors (Lipinski definition) is 0. The van der Waals surface area contributed by atoms with Crippen LogP contribution in [0.4, 0.5) is 0 Å². The highest BCUT2D eigenvalue weighted by molar-refractivity contribution is 7.12. The van der Waals surface area contributed by atoms with Crippen molar-refractivity contribution in [1.29, 1.82) is 0 Å². The number of rotatable bonds is 4. The first kappa shape index (κ1) is 13.4. The van der Waals surface area contributed by atoms with E-state index in [0.29, 0.717) is 5.92 Å². The van der Waals surface area contributed by atoms with Crippen molar-refractivity contribution in [2.45, 2.75) is 26.7 Å². The van der Waals surface area contributed by atoms with Crippen molar-refractivity contribution in [2.24, 2.45) is 5.92 Å². The van der Waals surface area contributed by atoms with Crippen molar-refractivity contribution in [3.63, 3.8) is 0 Å². The maximum absolute atomic E-state index is 12.6. The van der Waals surface area contributed by atoms with Gasteiger partial charge in [0.05, 0.1) is 5.56 Å². The van der Waals surface area contributed by atoms with E-state index in [1.807, 2.05) is 37.2 Å². The summed E-state index contributed by atoms with van der Waals surface area (Å²) in [4.78, 5) is 18.8. The Bertz CT molecular complexity index is 626. The molecular weight excluding hydrogens is 270 g/mol. The van der Waals surface area contributed by atoms with Gasteiger partial charge in [-0.3, -0.25) is 9.36 Å². The lowest BCUT2D eigenvalue weighted by Crippen LogP contribution is -2.29. The van der Waals surface area contributed by atoms with Gasteiger partial charge in [0, 0.05) is 36.6 Å². The zero-order valence-electron chi connectivity index (χ0n) is 12.1. The molecule has 1 fully saturated rings. The van der Waals surface area contributed by atoms with E-state index in [2.05, 4.69) is 9.55 Å². The number of thiazole rings is 1. The van der Waals surface area contributed by atoms with Gasteiger partial charge in [-0.25, -0.2) is 4.98 Å². The molecule has 1 saturated carbocycles. The number of carbonyl (C=O) groups excluding carboxylic acids is 1. The third-order valence-electron chi connectivity index (χ3n) is 3.85. The smallest absolute Gasteiger partial charge is 0.255 e. The minimum atomic E-state index is 0.118. The molecular formula is C15H19N3OS. The molecule has 20 heavy (non-hydrogen) atoms. The SMILES string of the molecule is Cc1cc(C(=O)N(C)CC2CC2)c(C)n1-c1nccs1. The number of hydrogen-bond acceptors (Lipinski definition) is 3. The van der Waals surface area contributed by atoms with E-state index in [1.54, 1.807) is 17.5 Å². The zero-order chi connectivity index (χ0) is 14.3. The molecule has 3 rings (SSSR count). The lowest BCUT2D eigenvalue weighted by Gasteiger charge is -2.16. The Morgan fingerprint density at radius 2 is 2.25 bits per heavy atom. The second-order valence-corrected chi connectivity index (χ2v) is 6.44. The molecule has 1 aliphatic carbocycles. The number of carbonyl (C=O) groups is 1. The van der Waals surface area contributed by atoms with E-state index < -0.39 is 0 Å². The maximum atomic E-state index is 12.6. The van der Waals surface area contributed by atoms with Gasteiger partial charge >= 0.3 is 0 Å². The molecule has 0 aliphatic heterocycles. The average Bonchev–Trinajstić information content (AvgIpc) is 2.96. The van der Waals surface area contributed by atoms with Crippen LogP contribution in [0.2, 0.25) is 0 Å². The first-order chi connectivity index (χ1) is 9.58. The molecule has 0 N–H and O–H groups in total.